The molecule has 0 unspecified atom stereocenters. The fourth-order valence-corrected chi connectivity index (χ4v) is 0.282. The third-order valence-corrected chi connectivity index (χ3v) is 0.670. The Morgan fingerprint density at radius 1 is 1.75 bits per heavy atom. The van der Waals surface area contributed by atoms with Gasteiger partial charge in [0.1, 0.15) is 0 Å². The van der Waals surface area contributed by atoms with Crippen LogP contribution in [0.2, 0.25) is 0 Å². The third kappa shape index (κ3) is 3.58. The van der Waals surface area contributed by atoms with Crippen LogP contribution in [0.15, 0.2) is 0 Å². The van der Waals surface area contributed by atoms with Crippen molar-refractivity contribution in [1.29, 1.82) is 0 Å². The predicted octanol–water partition coefficient (Wildman–Crippen LogP) is -0.824. The second-order valence-electron chi connectivity index (χ2n) is 1.32. The summed E-state index contributed by atoms with van der Waals surface area (Å²) >= 11 is 0. The molecule has 48 valence electrons. The Morgan fingerprint density at radius 2 is 2.38 bits per heavy atom. The smallest absolute Gasteiger partial charge is 0.324 e. The van der Waals surface area contributed by atoms with Crippen molar-refractivity contribution in [3.63, 3.8) is 0 Å². The maximum atomic E-state index is 10.1. The van der Waals surface area contributed by atoms with E-state index in [0.717, 1.165) is 0 Å². The molecular formula is C4H9NO3. The standard InChI is InChI=1S/C4H9NO3/c5-8-4(7)2-1-3-6/h6H,1-3,5H2. The van der Waals surface area contributed by atoms with Gasteiger partial charge in [-0.1, -0.05) is 0 Å². The molecule has 0 radical (unpaired) electrons. The molecule has 0 bridgehead atoms. The third-order valence-electron chi connectivity index (χ3n) is 0.670. The average molecular weight is 119 g/mol. The van der Waals surface area contributed by atoms with Crippen molar-refractivity contribution in [2.75, 3.05) is 6.61 Å². The van der Waals surface area contributed by atoms with E-state index in [0.29, 0.717) is 6.42 Å². The van der Waals surface area contributed by atoms with E-state index in [-0.39, 0.29) is 13.0 Å². The highest BCUT2D eigenvalue weighted by molar-refractivity contribution is 5.68. The number of hydrogen-bond acceptors (Lipinski definition) is 4. The van der Waals surface area contributed by atoms with Crippen LogP contribution in [0.1, 0.15) is 12.8 Å². The monoisotopic (exact) mass is 119 g/mol. The van der Waals surface area contributed by atoms with E-state index in [1.165, 1.54) is 0 Å². The molecular weight excluding hydrogens is 110 g/mol. The molecule has 4 heteroatoms. The molecule has 0 aliphatic carbocycles. The normalized spacial score (nSPS) is 8.75. The summed E-state index contributed by atoms with van der Waals surface area (Å²) in [6.45, 7) is -0.00486. The lowest BCUT2D eigenvalue weighted by atomic mass is 10.3. The zero-order valence-corrected chi connectivity index (χ0v) is 4.46. The van der Waals surface area contributed by atoms with E-state index in [4.69, 9.17) is 5.11 Å². The SMILES string of the molecule is NOC(=O)CCCO. The summed E-state index contributed by atoms with van der Waals surface area (Å²) in [5.74, 6) is 3.99. The van der Waals surface area contributed by atoms with E-state index in [9.17, 15) is 4.79 Å². The molecule has 0 spiro atoms. The fraction of sp³-hybridized carbons (Fsp3) is 0.750. The number of hydrogen-bond donors (Lipinski definition) is 2. The first-order chi connectivity index (χ1) is 3.81. The summed E-state index contributed by atoms with van der Waals surface area (Å²) in [5.41, 5.74) is 0. The Hall–Kier alpha value is -0.610. The van der Waals surface area contributed by atoms with Gasteiger partial charge in [-0.3, -0.25) is 4.79 Å². The van der Waals surface area contributed by atoms with Gasteiger partial charge in [0.2, 0.25) is 0 Å². The van der Waals surface area contributed by atoms with Gasteiger partial charge in [0, 0.05) is 13.0 Å². The molecule has 0 heterocycles. The molecule has 8 heavy (non-hydrogen) atoms. The number of carbonyl (C=O) groups excluding carboxylic acids is 1. The zero-order chi connectivity index (χ0) is 6.41. The van der Waals surface area contributed by atoms with Crippen molar-refractivity contribution in [3.05, 3.63) is 0 Å². The predicted molar refractivity (Wildman–Crippen MR) is 26.6 cm³/mol. The van der Waals surface area contributed by atoms with Crippen LogP contribution in [0.4, 0.5) is 0 Å². The number of aliphatic hydroxyl groups excluding tert-OH is 1. The maximum absolute atomic E-state index is 10.1. The molecule has 0 aliphatic heterocycles. The molecule has 0 aromatic rings. The fourth-order valence-electron chi connectivity index (χ4n) is 0.282. The lowest BCUT2D eigenvalue weighted by Crippen LogP contribution is -2.09. The second kappa shape index (κ2) is 4.55. The number of aliphatic hydroxyl groups is 1. The first-order valence-corrected chi connectivity index (χ1v) is 2.31. The van der Waals surface area contributed by atoms with Crippen LogP contribution in [-0.4, -0.2) is 17.7 Å². The summed E-state index contributed by atoms with van der Waals surface area (Å²) in [4.78, 5) is 13.9. The highest BCUT2D eigenvalue weighted by Crippen LogP contribution is 1.86. The average Bonchev–Trinajstić information content (AvgIpc) is 1.83. The Morgan fingerprint density at radius 3 is 2.75 bits per heavy atom. The molecule has 4 nitrogen and oxygen atoms in total. The van der Waals surface area contributed by atoms with Gasteiger partial charge in [-0.15, -0.1) is 0 Å². The van der Waals surface area contributed by atoms with Crippen molar-refractivity contribution in [2.24, 2.45) is 5.90 Å². The molecule has 0 atom stereocenters. The lowest BCUT2D eigenvalue weighted by Gasteiger charge is -1.92. The zero-order valence-electron chi connectivity index (χ0n) is 4.46. The van der Waals surface area contributed by atoms with Crippen LogP contribution in [0.3, 0.4) is 0 Å². The minimum atomic E-state index is -0.487. The van der Waals surface area contributed by atoms with Crippen molar-refractivity contribution >= 4 is 5.97 Å². The molecule has 0 aromatic carbocycles. The van der Waals surface area contributed by atoms with Gasteiger partial charge in [-0.05, 0) is 6.42 Å². The number of carbonyl (C=O) groups is 1. The van der Waals surface area contributed by atoms with Gasteiger partial charge in [0.25, 0.3) is 0 Å². The van der Waals surface area contributed by atoms with E-state index in [1.807, 2.05) is 0 Å². The van der Waals surface area contributed by atoms with Gasteiger partial charge >= 0.3 is 5.97 Å². The van der Waals surface area contributed by atoms with Crippen LogP contribution in [-0.2, 0) is 9.63 Å². The molecule has 0 aliphatic rings. The molecule has 0 fully saturated rings. The highest BCUT2D eigenvalue weighted by Gasteiger charge is 1.96. The Bertz CT molecular complexity index is 73.7. The van der Waals surface area contributed by atoms with Crippen molar-refractivity contribution in [2.45, 2.75) is 12.8 Å². The quantitative estimate of drug-likeness (QED) is 0.476. The van der Waals surface area contributed by atoms with Gasteiger partial charge in [0.15, 0.2) is 0 Å². The molecule has 0 saturated carbocycles. The summed E-state index contributed by atoms with van der Waals surface area (Å²) < 4.78 is 0. The van der Waals surface area contributed by atoms with Gasteiger partial charge in [-0.2, -0.15) is 5.90 Å². The Balaban J connectivity index is 2.99. The molecule has 0 rings (SSSR count). The van der Waals surface area contributed by atoms with Crippen LogP contribution in [0, 0.1) is 0 Å². The Labute approximate surface area is 47.2 Å². The molecule has 3 N–H and O–H groups in total. The number of rotatable bonds is 3. The molecule has 0 aromatic heterocycles. The highest BCUT2D eigenvalue weighted by atomic mass is 16.7. The molecule has 0 saturated heterocycles. The van der Waals surface area contributed by atoms with Gasteiger partial charge in [0.05, 0.1) is 0 Å². The van der Waals surface area contributed by atoms with Crippen LogP contribution in [0.5, 0.6) is 0 Å². The summed E-state index contributed by atoms with van der Waals surface area (Å²) in [5, 5.41) is 8.16. The minimum Gasteiger partial charge on any atom is -0.396 e. The van der Waals surface area contributed by atoms with E-state index in [2.05, 4.69) is 10.7 Å². The van der Waals surface area contributed by atoms with E-state index < -0.39 is 5.97 Å². The van der Waals surface area contributed by atoms with Gasteiger partial charge in [-0.25, -0.2) is 0 Å². The van der Waals surface area contributed by atoms with Crippen LogP contribution in [0.25, 0.3) is 0 Å². The van der Waals surface area contributed by atoms with E-state index >= 15 is 0 Å². The largest absolute Gasteiger partial charge is 0.396 e. The van der Waals surface area contributed by atoms with Gasteiger partial charge < -0.3 is 9.94 Å². The Kier molecular flexibility index (Phi) is 4.20. The van der Waals surface area contributed by atoms with Crippen molar-refractivity contribution in [1.82, 2.24) is 0 Å². The van der Waals surface area contributed by atoms with Crippen LogP contribution < -0.4 is 5.90 Å². The second-order valence-corrected chi connectivity index (χ2v) is 1.32. The first kappa shape index (κ1) is 7.39. The summed E-state index contributed by atoms with van der Waals surface area (Å²) in [6.07, 6.45) is 0.600. The minimum absolute atomic E-state index is 0.00486. The molecule has 0 amide bonds. The lowest BCUT2D eigenvalue weighted by molar-refractivity contribution is -0.144. The van der Waals surface area contributed by atoms with E-state index in [1.54, 1.807) is 0 Å². The topological polar surface area (TPSA) is 72.5 Å². The first-order valence-electron chi connectivity index (χ1n) is 2.31. The number of nitrogens with two attached hydrogens (primary N) is 1. The van der Waals surface area contributed by atoms with Crippen LogP contribution >= 0.6 is 0 Å². The van der Waals surface area contributed by atoms with Crippen molar-refractivity contribution in [3.8, 4) is 0 Å². The summed E-state index contributed by atoms with van der Waals surface area (Å²) in [6, 6.07) is 0. The maximum Gasteiger partial charge on any atom is 0.324 e. The van der Waals surface area contributed by atoms with Crippen molar-refractivity contribution < 1.29 is 14.7 Å². The summed E-state index contributed by atoms with van der Waals surface area (Å²) in [7, 11) is 0.